The van der Waals surface area contributed by atoms with Crippen LogP contribution in [0.4, 0.5) is 17.6 Å². The zero-order valence-corrected chi connectivity index (χ0v) is 30.9. The standard InChI is InChI=1S/C43H36F4O5S2/c1-3-42(48)50-21-5-7-23-53-40-27-36(44)33(25-38(40)46)17-13-30-9-11-32(12-10-30)29-52-35-19-15-31(16-20-35)14-18-34-26-39(47)41(28-37(34)45)54-24-8-6-22-51-43(49)4-2/h3-4,9-12,15-16,19-20,25-28H,1-2,5-8,21-24,29H2. The summed E-state index contributed by atoms with van der Waals surface area (Å²) in [5.41, 5.74) is 1.96. The zero-order chi connectivity index (χ0) is 38.7. The third-order valence-corrected chi connectivity index (χ3v) is 9.59. The van der Waals surface area contributed by atoms with Gasteiger partial charge in [-0.1, -0.05) is 49.0 Å². The molecule has 11 heteroatoms. The Bertz CT molecular complexity index is 1910. The molecular formula is C43H36F4O5S2. The van der Waals surface area contributed by atoms with E-state index >= 15 is 0 Å². The number of carbonyl (C=O) groups excluding carboxylic acids is 2. The molecule has 0 spiro atoms. The van der Waals surface area contributed by atoms with Crippen molar-refractivity contribution in [1.82, 2.24) is 0 Å². The van der Waals surface area contributed by atoms with Gasteiger partial charge in [-0.3, -0.25) is 0 Å². The van der Waals surface area contributed by atoms with Gasteiger partial charge in [-0.15, -0.1) is 23.5 Å². The van der Waals surface area contributed by atoms with Crippen LogP contribution in [0.5, 0.6) is 5.75 Å². The maximum atomic E-state index is 14.7. The van der Waals surface area contributed by atoms with Crippen LogP contribution in [0.2, 0.25) is 0 Å². The molecule has 0 aliphatic carbocycles. The van der Waals surface area contributed by atoms with Crippen molar-refractivity contribution in [2.24, 2.45) is 0 Å². The van der Waals surface area contributed by atoms with Crippen LogP contribution in [-0.2, 0) is 25.7 Å². The second-order valence-corrected chi connectivity index (χ2v) is 13.7. The van der Waals surface area contributed by atoms with Crippen molar-refractivity contribution in [2.45, 2.75) is 42.1 Å². The van der Waals surface area contributed by atoms with E-state index in [4.69, 9.17) is 14.2 Å². The van der Waals surface area contributed by atoms with Crippen molar-refractivity contribution in [3.05, 3.63) is 149 Å². The molecule has 0 bridgehead atoms. The third kappa shape index (κ3) is 13.9. The van der Waals surface area contributed by atoms with Crippen molar-refractivity contribution < 1.29 is 41.4 Å². The highest BCUT2D eigenvalue weighted by Gasteiger charge is 2.11. The summed E-state index contributed by atoms with van der Waals surface area (Å²) in [4.78, 5) is 22.5. The van der Waals surface area contributed by atoms with Crippen LogP contribution in [0.3, 0.4) is 0 Å². The fourth-order valence-electron chi connectivity index (χ4n) is 4.47. The molecule has 0 aromatic heterocycles. The maximum Gasteiger partial charge on any atom is 0.330 e. The van der Waals surface area contributed by atoms with E-state index in [1.54, 1.807) is 36.4 Å². The third-order valence-electron chi connectivity index (χ3n) is 7.35. The Morgan fingerprint density at radius 2 is 1.04 bits per heavy atom. The van der Waals surface area contributed by atoms with Gasteiger partial charge in [0.25, 0.3) is 0 Å². The summed E-state index contributed by atoms with van der Waals surface area (Å²) < 4.78 is 74.2. The first-order chi connectivity index (χ1) is 26.1. The van der Waals surface area contributed by atoms with E-state index in [9.17, 15) is 27.2 Å². The average molecular weight is 773 g/mol. The average Bonchev–Trinajstić information content (AvgIpc) is 3.18. The lowest BCUT2D eigenvalue weighted by atomic mass is 10.1. The van der Waals surface area contributed by atoms with Crippen LogP contribution in [0.1, 0.15) is 53.5 Å². The molecule has 0 saturated heterocycles. The quantitative estimate of drug-likeness (QED) is 0.0265. The van der Waals surface area contributed by atoms with Crippen LogP contribution < -0.4 is 4.74 Å². The number of carbonyl (C=O) groups is 2. The van der Waals surface area contributed by atoms with Crippen molar-refractivity contribution in [3.63, 3.8) is 0 Å². The normalized spacial score (nSPS) is 10.3. The molecule has 4 aromatic rings. The number of hydrogen-bond acceptors (Lipinski definition) is 7. The summed E-state index contributed by atoms with van der Waals surface area (Å²) >= 11 is 2.37. The number of benzene rings is 4. The molecule has 4 aromatic carbocycles. The maximum absolute atomic E-state index is 14.7. The van der Waals surface area contributed by atoms with Crippen LogP contribution in [0, 0.1) is 47.0 Å². The van der Waals surface area contributed by atoms with Crippen LogP contribution in [0.25, 0.3) is 0 Å². The number of rotatable bonds is 17. The monoisotopic (exact) mass is 772 g/mol. The van der Waals surface area contributed by atoms with Gasteiger partial charge in [0.15, 0.2) is 0 Å². The smallest absolute Gasteiger partial charge is 0.330 e. The number of hydrogen-bond donors (Lipinski definition) is 0. The second-order valence-electron chi connectivity index (χ2n) is 11.4. The first kappa shape index (κ1) is 41.4. The van der Waals surface area contributed by atoms with E-state index < -0.39 is 35.2 Å². The van der Waals surface area contributed by atoms with Crippen molar-refractivity contribution in [2.75, 3.05) is 24.7 Å². The Labute approximate surface area is 321 Å². The predicted octanol–water partition coefficient (Wildman–Crippen LogP) is 9.82. The highest BCUT2D eigenvalue weighted by Crippen LogP contribution is 2.27. The van der Waals surface area contributed by atoms with E-state index in [2.05, 4.69) is 36.8 Å². The van der Waals surface area contributed by atoms with Gasteiger partial charge < -0.3 is 14.2 Å². The number of unbranched alkanes of at least 4 members (excludes halogenated alkanes) is 2. The lowest BCUT2D eigenvalue weighted by Crippen LogP contribution is -2.02. The highest BCUT2D eigenvalue weighted by molar-refractivity contribution is 7.99. The lowest BCUT2D eigenvalue weighted by molar-refractivity contribution is -0.138. The molecule has 0 N–H and O–H groups in total. The minimum absolute atomic E-state index is 0.0478. The first-order valence-corrected chi connectivity index (χ1v) is 18.8. The van der Waals surface area contributed by atoms with Gasteiger partial charge in [-0.25, -0.2) is 27.2 Å². The minimum atomic E-state index is -0.622. The Morgan fingerprint density at radius 1 is 0.593 bits per heavy atom. The van der Waals surface area contributed by atoms with E-state index in [1.807, 2.05) is 12.1 Å². The molecule has 0 atom stereocenters. The summed E-state index contributed by atoms with van der Waals surface area (Å²) in [6.07, 6.45) is 4.70. The van der Waals surface area contributed by atoms with E-state index in [1.165, 1.54) is 23.5 Å². The first-order valence-electron chi connectivity index (χ1n) is 16.8. The van der Waals surface area contributed by atoms with E-state index in [0.717, 1.165) is 42.0 Å². The summed E-state index contributed by atoms with van der Waals surface area (Å²) in [6.45, 7) is 7.39. The van der Waals surface area contributed by atoms with Gasteiger partial charge in [0.2, 0.25) is 0 Å². The van der Waals surface area contributed by atoms with E-state index in [0.29, 0.717) is 54.1 Å². The summed E-state index contributed by atoms with van der Waals surface area (Å²) in [5.74, 6) is 9.40. The zero-order valence-electron chi connectivity index (χ0n) is 29.2. The Hall–Kier alpha value is -5.36. The Balaban J connectivity index is 1.23. The molecule has 0 heterocycles. The van der Waals surface area contributed by atoms with E-state index in [-0.39, 0.29) is 40.7 Å². The van der Waals surface area contributed by atoms with Gasteiger partial charge in [-0.2, -0.15) is 0 Å². The molecule has 278 valence electrons. The minimum Gasteiger partial charge on any atom is -0.489 e. The fourth-order valence-corrected chi connectivity index (χ4v) is 6.37. The van der Waals surface area contributed by atoms with Gasteiger partial charge in [-0.05, 0) is 103 Å². The number of esters is 2. The molecule has 0 aliphatic rings. The second kappa shape index (κ2) is 22.0. The fraction of sp³-hybridized carbons (Fsp3) is 0.209. The van der Waals surface area contributed by atoms with Gasteiger partial charge in [0, 0.05) is 33.1 Å². The summed E-state index contributed by atoms with van der Waals surface area (Å²) in [7, 11) is 0. The van der Waals surface area contributed by atoms with Crippen LogP contribution in [0.15, 0.2) is 108 Å². The molecule has 0 fully saturated rings. The predicted molar refractivity (Wildman–Crippen MR) is 204 cm³/mol. The highest BCUT2D eigenvalue weighted by atomic mass is 32.2. The Morgan fingerprint density at radius 3 is 1.48 bits per heavy atom. The molecule has 0 aliphatic heterocycles. The largest absolute Gasteiger partial charge is 0.489 e. The molecule has 5 nitrogen and oxygen atoms in total. The topological polar surface area (TPSA) is 61.8 Å². The van der Waals surface area contributed by atoms with Crippen LogP contribution >= 0.6 is 23.5 Å². The van der Waals surface area contributed by atoms with Gasteiger partial charge in [0.05, 0.1) is 24.3 Å². The Kier molecular flexibility index (Phi) is 16.9. The lowest BCUT2D eigenvalue weighted by Gasteiger charge is -2.07. The SMILES string of the molecule is C=CC(=O)OCCCCSc1cc(F)c(C#Cc2ccc(COc3ccc(C#Cc4cc(F)c(SCCCCOC(=O)C=C)cc4F)cc3)cc2)cc1F. The van der Waals surface area contributed by atoms with Crippen LogP contribution in [-0.4, -0.2) is 36.7 Å². The number of thioether (sulfide) groups is 2. The summed E-state index contributed by atoms with van der Waals surface area (Å²) in [6, 6.07) is 18.5. The van der Waals surface area contributed by atoms with Crippen molar-refractivity contribution in [1.29, 1.82) is 0 Å². The van der Waals surface area contributed by atoms with Gasteiger partial charge in [0.1, 0.15) is 35.6 Å². The van der Waals surface area contributed by atoms with Crippen molar-refractivity contribution >= 4 is 35.5 Å². The number of halogens is 4. The molecule has 0 unspecified atom stereocenters. The number of ether oxygens (including phenoxy) is 3. The molecule has 0 amide bonds. The van der Waals surface area contributed by atoms with Crippen molar-refractivity contribution in [3.8, 4) is 29.4 Å². The molecule has 0 saturated carbocycles. The molecule has 54 heavy (non-hydrogen) atoms. The summed E-state index contributed by atoms with van der Waals surface area (Å²) in [5, 5.41) is 0. The molecular weight excluding hydrogens is 737 g/mol. The molecule has 0 radical (unpaired) electrons. The van der Waals surface area contributed by atoms with Gasteiger partial charge >= 0.3 is 11.9 Å². The molecule has 4 rings (SSSR count).